The first kappa shape index (κ1) is 21.3. The fraction of sp³-hybridized carbons (Fsp3) is 0.435. The Morgan fingerprint density at radius 3 is 2.58 bits per heavy atom. The summed E-state index contributed by atoms with van der Waals surface area (Å²) in [5.41, 5.74) is 0.935. The number of fused-ring (bicyclic) bond motifs is 1. The second kappa shape index (κ2) is 9.45. The maximum Gasteiger partial charge on any atom is 0.338 e. The molecule has 0 aromatic heterocycles. The monoisotopic (exact) mass is 426 g/mol. The fourth-order valence-corrected chi connectivity index (χ4v) is 3.77. The minimum atomic E-state index is -0.921. The fourth-order valence-electron chi connectivity index (χ4n) is 3.77. The lowest BCUT2D eigenvalue weighted by Gasteiger charge is -2.30. The third-order valence-electron chi connectivity index (χ3n) is 5.46. The number of rotatable bonds is 7. The average Bonchev–Trinajstić information content (AvgIpc) is 3.60. The van der Waals surface area contributed by atoms with Crippen molar-refractivity contribution >= 4 is 28.6 Å². The number of hydrogen-bond donors (Lipinski definition) is 1. The number of carbonyl (C=O) groups is 3. The van der Waals surface area contributed by atoms with Gasteiger partial charge in [0.05, 0.1) is 19.8 Å². The highest BCUT2D eigenvalue weighted by Gasteiger charge is 2.52. The van der Waals surface area contributed by atoms with Crippen molar-refractivity contribution in [3.8, 4) is 0 Å². The molecule has 2 saturated heterocycles. The van der Waals surface area contributed by atoms with Crippen LogP contribution in [0.25, 0.3) is 10.8 Å². The molecular weight excluding hydrogens is 400 g/mol. The summed E-state index contributed by atoms with van der Waals surface area (Å²) in [5.74, 6) is -1.21. The molecule has 164 valence electrons. The lowest BCUT2D eigenvalue weighted by atomic mass is 10.0. The standard InChI is InChI=1S/C23H26N2O6/c1-2-30-23(28)20-19(31-20)21(26)24-18(22(27)25-9-11-29-12-10-25)14-15-7-8-16-5-3-4-6-17(16)13-15/h3-8,13,18-20H,2,9-12,14H2,1H3,(H,24,26)/t18-,19-,20-/m0/s1. The number of epoxide rings is 1. The average molecular weight is 426 g/mol. The third-order valence-corrected chi connectivity index (χ3v) is 5.46. The molecule has 0 unspecified atom stereocenters. The molecule has 2 aromatic rings. The van der Waals surface area contributed by atoms with Gasteiger partial charge in [-0.15, -0.1) is 0 Å². The molecule has 2 aliphatic rings. The topological polar surface area (TPSA) is 97.5 Å². The minimum Gasteiger partial charge on any atom is -0.464 e. The van der Waals surface area contributed by atoms with Crippen LogP contribution in [0.15, 0.2) is 42.5 Å². The Morgan fingerprint density at radius 2 is 1.84 bits per heavy atom. The molecule has 2 heterocycles. The molecule has 2 aromatic carbocycles. The molecule has 0 spiro atoms. The lowest BCUT2D eigenvalue weighted by Crippen LogP contribution is -2.53. The van der Waals surface area contributed by atoms with E-state index in [1.165, 1.54) is 0 Å². The van der Waals surface area contributed by atoms with E-state index < -0.39 is 30.1 Å². The Kier molecular flexibility index (Phi) is 6.48. The van der Waals surface area contributed by atoms with Crippen molar-refractivity contribution in [3.05, 3.63) is 48.0 Å². The summed E-state index contributed by atoms with van der Waals surface area (Å²) in [4.78, 5) is 39.4. The van der Waals surface area contributed by atoms with E-state index in [0.717, 1.165) is 16.3 Å². The van der Waals surface area contributed by atoms with Crippen LogP contribution >= 0.6 is 0 Å². The van der Waals surface area contributed by atoms with Gasteiger partial charge in [-0.3, -0.25) is 9.59 Å². The van der Waals surface area contributed by atoms with Gasteiger partial charge in [0.1, 0.15) is 6.04 Å². The molecule has 1 N–H and O–H groups in total. The summed E-state index contributed by atoms with van der Waals surface area (Å²) in [6.07, 6.45) is -1.49. The number of carbonyl (C=O) groups excluding carboxylic acids is 3. The van der Waals surface area contributed by atoms with Gasteiger partial charge in [0.15, 0.2) is 12.2 Å². The Hall–Kier alpha value is -2.97. The van der Waals surface area contributed by atoms with Crippen molar-refractivity contribution in [2.24, 2.45) is 0 Å². The van der Waals surface area contributed by atoms with Crippen molar-refractivity contribution in [1.29, 1.82) is 0 Å². The number of ether oxygens (including phenoxy) is 3. The van der Waals surface area contributed by atoms with Crippen LogP contribution in [0.1, 0.15) is 12.5 Å². The van der Waals surface area contributed by atoms with E-state index in [4.69, 9.17) is 14.2 Å². The van der Waals surface area contributed by atoms with Crippen LogP contribution in [-0.4, -0.2) is 73.8 Å². The SMILES string of the molecule is CCOC(=O)[C@H]1O[C@@H]1C(=O)N[C@@H](Cc1ccc2ccccc2c1)C(=O)N1CCOCC1. The number of nitrogens with zero attached hydrogens (tertiary/aromatic N) is 1. The van der Waals surface area contributed by atoms with Gasteiger partial charge in [-0.2, -0.15) is 0 Å². The van der Waals surface area contributed by atoms with E-state index in [1.54, 1.807) is 11.8 Å². The zero-order valence-corrected chi connectivity index (χ0v) is 17.4. The van der Waals surface area contributed by atoms with Crippen LogP contribution in [0.5, 0.6) is 0 Å². The molecule has 31 heavy (non-hydrogen) atoms. The summed E-state index contributed by atoms with van der Waals surface area (Å²) in [6, 6.07) is 13.2. The van der Waals surface area contributed by atoms with E-state index >= 15 is 0 Å². The van der Waals surface area contributed by atoms with E-state index in [2.05, 4.69) is 5.32 Å². The number of hydrogen-bond acceptors (Lipinski definition) is 6. The van der Waals surface area contributed by atoms with Crippen LogP contribution < -0.4 is 5.32 Å². The molecule has 2 amide bonds. The summed E-state index contributed by atoms with van der Waals surface area (Å²) >= 11 is 0. The maximum absolute atomic E-state index is 13.2. The zero-order chi connectivity index (χ0) is 21.8. The highest BCUT2D eigenvalue weighted by atomic mass is 16.6. The molecule has 2 fully saturated rings. The van der Waals surface area contributed by atoms with Gasteiger partial charge in [-0.05, 0) is 23.3 Å². The Balaban J connectivity index is 1.49. The van der Waals surface area contributed by atoms with E-state index in [0.29, 0.717) is 32.7 Å². The van der Waals surface area contributed by atoms with Crippen LogP contribution in [-0.2, 0) is 35.0 Å². The minimum absolute atomic E-state index is 0.168. The van der Waals surface area contributed by atoms with Gasteiger partial charge in [0.2, 0.25) is 5.91 Å². The first-order chi connectivity index (χ1) is 15.1. The molecule has 0 bridgehead atoms. The highest BCUT2D eigenvalue weighted by Crippen LogP contribution is 2.24. The van der Waals surface area contributed by atoms with Gasteiger partial charge in [0.25, 0.3) is 5.91 Å². The Bertz CT molecular complexity index is 971. The molecule has 8 nitrogen and oxygen atoms in total. The summed E-state index contributed by atoms with van der Waals surface area (Å²) in [7, 11) is 0. The number of morpholine rings is 1. The van der Waals surface area contributed by atoms with Gasteiger partial charge < -0.3 is 24.4 Å². The second-order valence-electron chi connectivity index (χ2n) is 7.61. The van der Waals surface area contributed by atoms with E-state index in [9.17, 15) is 14.4 Å². The van der Waals surface area contributed by atoms with Gasteiger partial charge in [-0.25, -0.2) is 4.79 Å². The third kappa shape index (κ3) is 5.03. The highest BCUT2D eigenvalue weighted by molar-refractivity contribution is 5.95. The number of amides is 2. The van der Waals surface area contributed by atoms with Crippen LogP contribution in [0, 0.1) is 0 Å². The zero-order valence-electron chi connectivity index (χ0n) is 17.4. The number of benzene rings is 2. The predicted octanol–water partition coefficient (Wildman–Crippen LogP) is 1.06. The van der Waals surface area contributed by atoms with Crippen LogP contribution in [0.2, 0.25) is 0 Å². The van der Waals surface area contributed by atoms with E-state index in [-0.39, 0.29) is 12.5 Å². The quantitative estimate of drug-likeness (QED) is 0.525. The first-order valence-corrected chi connectivity index (χ1v) is 10.5. The number of esters is 1. The van der Waals surface area contributed by atoms with Gasteiger partial charge in [0, 0.05) is 19.5 Å². The molecule has 2 aliphatic heterocycles. The Labute approximate surface area is 180 Å². The summed E-state index contributed by atoms with van der Waals surface area (Å²) < 4.78 is 15.4. The lowest BCUT2D eigenvalue weighted by molar-refractivity contribution is -0.144. The largest absolute Gasteiger partial charge is 0.464 e. The number of nitrogens with one attached hydrogen (secondary N) is 1. The van der Waals surface area contributed by atoms with Crippen molar-refractivity contribution in [2.75, 3.05) is 32.9 Å². The second-order valence-corrected chi connectivity index (χ2v) is 7.61. The molecule has 0 saturated carbocycles. The maximum atomic E-state index is 13.2. The summed E-state index contributed by atoms with van der Waals surface area (Å²) in [6.45, 7) is 3.81. The van der Waals surface area contributed by atoms with Crippen molar-refractivity contribution < 1.29 is 28.6 Å². The van der Waals surface area contributed by atoms with Crippen LogP contribution in [0.3, 0.4) is 0 Å². The molecular formula is C23H26N2O6. The molecule has 8 heteroatoms. The first-order valence-electron chi connectivity index (χ1n) is 10.5. The molecule has 0 radical (unpaired) electrons. The van der Waals surface area contributed by atoms with Gasteiger partial charge >= 0.3 is 5.97 Å². The van der Waals surface area contributed by atoms with Crippen molar-refractivity contribution in [3.63, 3.8) is 0 Å². The molecule has 0 aliphatic carbocycles. The normalized spacial score (nSPS) is 21.4. The van der Waals surface area contributed by atoms with Crippen LogP contribution in [0.4, 0.5) is 0 Å². The summed E-state index contributed by atoms with van der Waals surface area (Å²) in [5, 5.41) is 4.97. The molecule has 4 rings (SSSR count). The smallest absolute Gasteiger partial charge is 0.338 e. The predicted molar refractivity (Wildman–Crippen MR) is 112 cm³/mol. The van der Waals surface area contributed by atoms with Gasteiger partial charge in [-0.1, -0.05) is 42.5 Å². The molecule has 3 atom stereocenters. The van der Waals surface area contributed by atoms with Crippen molar-refractivity contribution in [2.45, 2.75) is 31.6 Å². The van der Waals surface area contributed by atoms with Crippen molar-refractivity contribution in [1.82, 2.24) is 10.2 Å². The van der Waals surface area contributed by atoms with E-state index in [1.807, 2.05) is 42.5 Å². The Morgan fingerprint density at radius 1 is 1.10 bits per heavy atom.